The number of nitrogens with zero attached hydrogens (tertiary/aromatic N) is 3. The van der Waals surface area contributed by atoms with Crippen LogP contribution in [0.2, 0.25) is 0 Å². The Labute approximate surface area is 158 Å². The molecular weight excluding hydrogens is 368 g/mol. The minimum absolute atomic E-state index is 0.153. The topological polar surface area (TPSA) is 114 Å². The molecular formula is C18H16N4O4S. The fraction of sp³-hybridized carbons (Fsp3) is 0.167. The lowest BCUT2D eigenvalue weighted by Gasteiger charge is -2.09. The number of hydrogen-bond donors (Lipinski definition) is 2. The summed E-state index contributed by atoms with van der Waals surface area (Å²) in [5.74, 6) is -1.43. The third-order valence-electron chi connectivity index (χ3n) is 3.71. The molecule has 0 saturated heterocycles. The maximum atomic E-state index is 12.5. The van der Waals surface area contributed by atoms with Crippen molar-refractivity contribution in [3.8, 4) is 11.4 Å². The Kier molecular flexibility index (Phi) is 4.87. The summed E-state index contributed by atoms with van der Waals surface area (Å²) in [4.78, 5) is 40.8. The first-order chi connectivity index (χ1) is 12.8. The first kappa shape index (κ1) is 18.5. The van der Waals surface area contributed by atoms with Crippen molar-refractivity contribution >= 4 is 28.2 Å². The molecule has 0 aliphatic rings. The Bertz CT molecular complexity index is 1120. The zero-order valence-electron chi connectivity index (χ0n) is 14.8. The number of ketones is 1. The van der Waals surface area contributed by atoms with Gasteiger partial charge in [0.15, 0.2) is 22.4 Å². The van der Waals surface area contributed by atoms with Crippen LogP contribution in [0.15, 0.2) is 35.1 Å². The number of thiazole rings is 1. The molecule has 138 valence electrons. The van der Waals surface area contributed by atoms with Gasteiger partial charge in [-0.25, -0.2) is 4.98 Å². The van der Waals surface area contributed by atoms with Crippen LogP contribution < -0.4 is 10.9 Å². The number of carbonyl (C=O) groups excluding carboxylic acids is 2. The molecule has 2 N–H and O–H groups in total. The quantitative estimate of drug-likeness (QED) is 0.668. The van der Waals surface area contributed by atoms with E-state index in [1.54, 1.807) is 25.1 Å². The standard InChI is InChI=1S/C18H16N4O4S/c1-9-5-4-6-12(7-9)22-14(25)8-13(24)15(21-22)17(26)20-18-19-10(2)16(27-18)11(3)23/h4-8,24H,1-3H3,(H,19,20,26). The third kappa shape index (κ3) is 3.77. The molecule has 0 unspecified atom stereocenters. The largest absolute Gasteiger partial charge is 0.505 e. The molecule has 1 amide bonds. The fourth-order valence-corrected chi connectivity index (χ4v) is 3.34. The number of nitrogens with one attached hydrogen (secondary N) is 1. The summed E-state index contributed by atoms with van der Waals surface area (Å²) in [7, 11) is 0. The van der Waals surface area contributed by atoms with Gasteiger partial charge in [-0.2, -0.15) is 9.78 Å². The lowest BCUT2D eigenvalue weighted by atomic mass is 10.2. The lowest BCUT2D eigenvalue weighted by Crippen LogP contribution is -2.25. The second-order valence-corrected chi connectivity index (χ2v) is 6.91. The summed E-state index contributed by atoms with van der Waals surface area (Å²) >= 11 is 1.03. The molecule has 8 nitrogen and oxygen atoms in total. The van der Waals surface area contributed by atoms with Crippen LogP contribution in [0.5, 0.6) is 5.75 Å². The molecule has 0 aliphatic carbocycles. The summed E-state index contributed by atoms with van der Waals surface area (Å²) in [6, 6.07) is 7.95. The van der Waals surface area contributed by atoms with Crippen molar-refractivity contribution in [1.82, 2.24) is 14.8 Å². The van der Waals surface area contributed by atoms with Crippen LogP contribution in [0, 0.1) is 13.8 Å². The van der Waals surface area contributed by atoms with Crippen LogP contribution in [-0.4, -0.2) is 31.6 Å². The van der Waals surface area contributed by atoms with Crippen molar-refractivity contribution in [1.29, 1.82) is 0 Å². The average Bonchev–Trinajstić information content (AvgIpc) is 2.95. The maximum Gasteiger partial charge on any atom is 0.281 e. The van der Waals surface area contributed by atoms with Crippen LogP contribution in [0.25, 0.3) is 5.69 Å². The van der Waals surface area contributed by atoms with Gasteiger partial charge in [0.2, 0.25) is 0 Å². The monoisotopic (exact) mass is 384 g/mol. The number of anilines is 1. The molecule has 0 aliphatic heterocycles. The number of benzene rings is 1. The third-order valence-corrected chi connectivity index (χ3v) is 4.88. The Hall–Kier alpha value is -3.33. The molecule has 27 heavy (non-hydrogen) atoms. The minimum atomic E-state index is -0.738. The van der Waals surface area contributed by atoms with Gasteiger partial charge in [-0.1, -0.05) is 23.5 Å². The summed E-state index contributed by atoms with van der Waals surface area (Å²) in [5, 5.41) is 16.7. The van der Waals surface area contributed by atoms with E-state index < -0.39 is 17.2 Å². The number of amides is 1. The Morgan fingerprint density at radius 1 is 1.22 bits per heavy atom. The van der Waals surface area contributed by atoms with Crippen molar-refractivity contribution < 1.29 is 14.7 Å². The molecule has 2 aromatic heterocycles. The van der Waals surface area contributed by atoms with Crippen molar-refractivity contribution in [3.63, 3.8) is 0 Å². The molecule has 0 bridgehead atoms. The van der Waals surface area contributed by atoms with E-state index in [1.807, 2.05) is 13.0 Å². The van der Waals surface area contributed by atoms with E-state index in [0.717, 1.165) is 27.6 Å². The molecule has 0 radical (unpaired) electrons. The van der Waals surface area contributed by atoms with Gasteiger partial charge in [-0.3, -0.25) is 19.7 Å². The number of Topliss-reactive ketones (excluding diaryl/α,β-unsaturated/α-hetero) is 1. The van der Waals surface area contributed by atoms with Crippen molar-refractivity contribution in [2.45, 2.75) is 20.8 Å². The first-order valence-electron chi connectivity index (χ1n) is 7.96. The smallest absolute Gasteiger partial charge is 0.281 e. The van der Waals surface area contributed by atoms with Gasteiger partial charge in [0, 0.05) is 13.0 Å². The van der Waals surface area contributed by atoms with Crippen LogP contribution in [0.4, 0.5) is 5.13 Å². The summed E-state index contributed by atoms with van der Waals surface area (Å²) in [6.07, 6.45) is 0. The van der Waals surface area contributed by atoms with E-state index in [9.17, 15) is 19.5 Å². The fourth-order valence-electron chi connectivity index (χ4n) is 2.49. The lowest BCUT2D eigenvalue weighted by molar-refractivity contribution is 0.101. The van der Waals surface area contributed by atoms with Gasteiger partial charge < -0.3 is 5.11 Å². The van der Waals surface area contributed by atoms with Crippen LogP contribution in [-0.2, 0) is 0 Å². The van der Waals surface area contributed by atoms with E-state index in [0.29, 0.717) is 16.3 Å². The van der Waals surface area contributed by atoms with Gasteiger partial charge >= 0.3 is 0 Å². The Morgan fingerprint density at radius 2 is 1.96 bits per heavy atom. The van der Waals surface area contributed by atoms with Crippen molar-refractivity contribution in [2.24, 2.45) is 0 Å². The molecule has 0 spiro atoms. The highest BCUT2D eigenvalue weighted by Crippen LogP contribution is 2.24. The average molecular weight is 384 g/mol. The van der Waals surface area contributed by atoms with Gasteiger partial charge in [0.05, 0.1) is 16.3 Å². The van der Waals surface area contributed by atoms with Gasteiger partial charge in [0.1, 0.15) is 0 Å². The molecule has 0 saturated carbocycles. The van der Waals surface area contributed by atoms with E-state index in [1.165, 1.54) is 6.92 Å². The van der Waals surface area contributed by atoms with Crippen LogP contribution in [0.1, 0.15) is 38.3 Å². The minimum Gasteiger partial charge on any atom is -0.505 e. The number of carbonyl (C=O) groups is 2. The molecule has 3 aromatic rings. The van der Waals surface area contributed by atoms with Crippen molar-refractivity contribution in [3.05, 3.63) is 62.5 Å². The molecule has 2 heterocycles. The molecule has 1 aromatic carbocycles. The molecule has 9 heteroatoms. The molecule has 3 rings (SSSR count). The number of aryl methyl sites for hydroxylation is 2. The predicted octanol–water partition coefficient (Wildman–Crippen LogP) is 2.47. The van der Waals surface area contributed by atoms with Crippen LogP contribution >= 0.6 is 11.3 Å². The highest BCUT2D eigenvalue weighted by atomic mass is 32.1. The number of rotatable bonds is 4. The molecule has 0 fully saturated rings. The van der Waals surface area contributed by atoms with Gasteiger partial charge in [0.25, 0.3) is 11.5 Å². The predicted molar refractivity (Wildman–Crippen MR) is 101 cm³/mol. The number of hydrogen-bond acceptors (Lipinski definition) is 7. The summed E-state index contributed by atoms with van der Waals surface area (Å²) in [6.45, 7) is 4.94. The second-order valence-electron chi connectivity index (χ2n) is 5.91. The van der Waals surface area contributed by atoms with Crippen LogP contribution in [0.3, 0.4) is 0 Å². The van der Waals surface area contributed by atoms with E-state index in [4.69, 9.17) is 0 Å². The first-order valence-corrected chi connectivity index (χ1v) is 8.78. The number of aromatic nitrogens is 3. The van der Waals surface area contributed by atoms with Crippen molar-refractivity contribution in [2.75, 3.05) is 5.32 Å². The van der Waals surface area contributed by atoms with E-state index in [-0.39, 0.29) is 16.6 Å². The number of aromatic hydroxyl groups is 1. The summed E-state index contributed by atoms with van der Waals surface area (Å²) in [5.41, 5.74) is 0.991. The van der Waals surface area contributed by atoms with E-state index >= 15 is 0 Å². The Morgan fingerprint density at radius 3 is 2.59 bits per heavy atom. The summed E-state index contributed by atoms with van der Waals surface area (Å²) < 4.78 is 1.04. The van der Waals surface area contributed by atoms with Gasteiger partial charge in [-0.15, -0.1) is 0 Å². The zero-order valence-corrected chi connectivity index (χ0v) is 15.6. The SMILES string of the molecule is CC(=O)c1sc(NC(=O)c2nn(-c3cccc(C)c3)c(=O)cc2O)nc1C. The molecule has 0 atom stereocenters. The Balaban J connectivity index is 1.97. The second kappa shape index (κ2) is 7.12. The highest BCUT2D eigenvalue weighted by Gasteiger charge is 2.20. The normalized spacial score (nSPS) is 10.6. The zero-order chi connectivity index (χ0) is 19.7. The highest BCUT2D eigenvalue weighted by molar-refractivity contribution is 7.17. The maximum absolute atomic E-state index is 12.5. The van der Waals surface area contributed by atoms with E-state index in [2.05, 4.69) is 15.4 Å². The van der Waals surface area contributed by atoms with Gasteiger partial charge in [-0.05, 0) is 31.5 Å².